The van der Waals surface area contributed by atoms with Gasteiger partial charge in [0.1, 0.15) is 11.6 Å². The maximum atomic E-state index is 12.6. The SMILES string of the molecule is Fc1ccc([C]c2ccc(F)cc2)cc1. The number of halogens is 2. The molecule has 0 bridgehead atoms. The summed E-state index contributed by atoms with van der Waals surface area (Å²) in [5.41, 5.74) is 1.53. The lowest BCUT2D eigenvalue weighted by molar-refractivity contribution is 0.627. The zero-order valence-corrected chi connectivity index (χ0v) is 7.87. The first kappa shape index (κ1) is 9.84. The molecule has 2 radical (unpaired) electrons. The summed E-state index contributed by atoms with van der Waals surface area (Å²) in [7, 11) is 0. The molecule has 0 aliphatic carbocycles. The largest absolute Gasteiger partial charge is 0.207 e. The Hall–Kier alpha value is -1.70. The molecule has 0 aromatic heterocycles. The van der Waals surface area contributed by atoms with E-state index in [4.69, 9.17) is 0 Å². The van der Waals surface area contributed by atoms with Crippen LogP contribution < -0.4 is 0 Å². The van der Waals surface area contributed by atoms with Gasteiger partial charge < -0.3 is 0 Å². The Balaban J connectivity index is 2.15. The number of benzene rings is 2. The van der Waals surface area contributed by atoms with Crippen LogP contribution in [0.25, 0.3) is 0 Å². The van der Waals surface area contributed by atoms with Gasteiger partial charge in [0, 0.05) is 0 Å². The summed E-state index contributed by atoms with van der Waals surface area (Å²) in [4.78, 5) is 0. The molecule has 2 heteroatoms. The minimum atomic E-state index is -0.278. The van der Waals surface area contributed by atoms with Crippen LogP contribution in [0, 0.1) is 18.1 Å². The Morgan fingerprint density at radius 3 is 1.27 bits per heavy atom. The van der Waals surface area contributed by atoms with E-state index in [0.29, 0.717) is 0 Å². The summed E-state index contributed by atoms with van der Waals surface area (Å²) >= 11 is 0. The van der Waals surface area contributed by atoms with E-state index >= 15 is 0 Å². The molecule has 2 aromatic rings. The van der Waals surface area contributed by atoms with E-state index in [-0.39, 0.29) is 11.6 Å². The fraction of sp³-hybridized carbons (Fsp3) is 0. The predicted octanol–water partition coefficient (Wildman–Crippen LogP) is 3.44. The van der Waals surface area contributed by atoms with Crippen LogP contribution in [0.5, 0.6) is 0 Å². The molecule has 0 amide bonds. The number of hydrogen-bond acceptors (Lipinski definition) is 0. The average Bonchev–Trinajstić information content (AvgIpc) is 2.25. The first-order chi connectivity index (χ1) is 7.24. The van der Waals surface area contributed by atoms with Gasteiger partial charge >= 0.3 is 0 Å². The lowest BCUT2D eigenvalue weighted by atomic mass is 10.1. The molecule has 2 aromatic carbocycles. The van der Waals surface area contributed by atoms with E-state index in [1.807, 2.05) is 0 Å². The van der Waals surface area contributed by atoms with Crippen LogP contribution in [0.1, 0.15) is 11.1 Å². The fourth-order valence-electron chi connectivity index (χ4n) is 1.23. The molecule has 0 heterocycles. The molecule has 0 nitrogen and oxygen atoms in total. The van der Waals surface area contributed by atoms with Gasteiger partial charge in [-0.05, 0) is 35.4 Å². The molecule has 74 valence electrons. The third-order valence-corrected chi connectivity index (χ3v) is 1.98. The molecule has 0 aliphatic heterocycles. The van der Waals surface area contributed by atoms with Crippen molar-refractivity contribution in [2.45, 2.75) is 0 Å². The Bertz CT molecular complexity index is 386. The van der Waals surface area contributed by atoms with Crippen molar-refractivity contribution in [2.24, 2.45) is 0 Å². The van der Waals surface area contributed by atoms with Gasteiger partial charge in [0.25, 0.3) is 0 Å². The number of rotatable bonds is 2. The van der Waals surface area contributed by atoms with Crippen molar-refractivity contribution in [2.75, 3.05) is 0 Å². The van der Waals surface area contributed by atoms with E-state index in [0.717, 1.165) is 11.1 Å². The molecule has 0 N–H and O–H groups in total. The maximum absolute atomic E-state index is 12.6. The van der Waals surface area contributed by atoms with Gasteiger partial charge in [-0.15, -0.1) is 0 Å². The quantitative estimate of drug-likeness (QED) is 0.699. The summed E-state index contributed by atoms with van der Waals surface area (Å²) in [6, 6.07) is 12.0. The minimum Gasteiger partial charge on any atom is -0.207 e. The summed E-state index contributed by atoms with van der Waals surface area (Å²) in [5, 5.41) is 0. The van der Waals surface area contributed by atoms with Crippen LogP contribution >= 0.6 is 0 Å². The molecule has 0 saturated carbocycles. The van der Waals surface area contributed by atoms with E-state index in [1.54, 1.807) is 24.3 Å². The summed E-state index contributed by atoms with van der Waals surface area (Å²) in [6.07, 6.45) is 3.02. The Labute approximate surface area is 87.2 Å². The topological polar surface area (TPSA) is 0 Å². The van der Waals surface area contributed by atoms with Crippen molar-refractivity contribution in [3.05, 3.63) is 77.7 Å². The van der Waals surface area contributed by atoms with Crippen LogP contribution in [0.2, 0.25) is 0 Å². The first-order valence-corrected chi connectivity index (χ1v) is 4.52. The van der Waals surface area contributed by atoms with Gasteiger partial charge in [-0.25, -0.2) is 8.78 Å². The average molecular weight is 202 g/mol. The zero-order valence-electron chi connectivity index (χ0n) is 7.87. The van der Waals surface area contributed by atoms with Gasteiger partial charge in [-0.2, -0.15) is 0 Å². The van der Waals surface area contributed by atoms with Crippen LogP contribution in [0.3, 0.4) is 0 Å². The molecule has 0 spiro atoms. The second-order valence-corrected chi connectivity index (χ2v) is 3.14. The molecule has 0 saturated heterocycles. The van der Waals surface area contributed by atoms with Gasteiger partial charge in [0.2, 0.25) is 0 Å². The van der Waals surface area contributed by atoms with Crippen molar-refractivity contribution in [1.29, 1.82) is 0 Å². The van der Waals surface area contributed by atoms with E-state index < -0.39 is 0 Å². The first-order valence-electron chi connectivity index (χ1n) is 4.52. The van der Waals surface area contributed by atoms with Crippen molar-refractivity contribution >= 4 is 0 Å². The third-order valence-electron chi connectivity index (χ3n) is 1.98. The molecule has 0 atom stereocenters. The smallest absolute Gasteiger partial charge is 0.123 e. The summed E-state index contributed by atoms with van der Waals surface area (Å²) in [6.45, 7) is 0. The normalized spacial score (nSPS) is 10.3. The van der Waals surface area contributed by atoms with Crippen molar-refractivity contribution < 1.29 is 8.78 Å². The van der Waals surface area contributed by atoms with Gasteiger partial charge in [0.15, 0.2) is 0 Å². The molecular formula is C13H8F2. The highest BCUT2D eigenvalue weighted by atomic mass is 19.1. The highest BCUT2D eigenvalue weighted by molar-refractivity contribution is 5.36. The lowest BCUT2D eigenvalue weighted by Gasteiger charge is -2.00. The lowest BCUT2D eigenvalue weighted by Crippen LogP contribution is -1.85. The van der Waals surface area contributed by atoms with Crippen LogP contribution in [0.15, 0.2) is 48.5 Å². The van der Waals surface area contributed by atoms with Crippen LogP contribution in [-0.4, -0.2) is 0 Å². The van der Waals surface area contributed by atoms with Gasteiger partial charge in [-0.1, -0.05) is 24.3 Å². The molecule has 0 unspecified atom stereocenters. The third kappa shape index (κ3) is 2.62. The molecule has 15 heavy (non-hydrogen) atoms. The zero-order chi connectivity index (χ0) is 10.7. The van der Waals surface area contributed by atoms with Crippen LogP contribution in [0.4, 0.5) is 8.78 Å². The highest BCUT2D eigenvalue weighted by Crippen LogP contribution is 2.12. The van der Waals surface area contributed by atoms with Crippen LogP contribution in [-0.2, 0) is 0 Å². The van der Waals surface area contributed by atoms with Gasteiger partial charge in [-0.3, -0.25) is 0 Å². The molecule has 2 rings (SSSR count). The monoisotopic (exact) mass is 202 g/mol. The second-order valence-electron chi connectivity index (χ2n) is 3.14. The predicted molar refractivity (Wildman–Crippen MR) is 54.2 cm³/mol. The van der Waals surface area contributed by atoms with Gasteiger partial charge in [0.05, 0.1) is 6.42 Å². The standard InChI is InChI=1S/C13H8F2/c14-12-5-1-10(2-6-12)9-11-3-7-13(15)8-4-11/h1-8H. The van der Waals surface area contributed by atoms with Crippen molar-refractivity contribution in [3.8, 4) is 0 Å². The second kappa shape index (κ2) is 4.22. The van der Waals surface area contributed by atoms with E-state index in [9.17, 15) is 8.78 Å². The molecule has 0 fully saturated rings. The van der Waals surface area contributed by atoms with E-state index in [2.05, 4.69) is 6.42 Å². The minimum absolute atomic E-state index is 0.278. The Kier molecular flexibility index (Phi) is 2.77. The molecule has 0 aliphatic rings. The number of hydrogen-bond donors (Lipinski definition) is 0. The summed E-state index contributed by atoms with van der Waals surface area (Å²) in [5.74, 6) is -0.556. The van der Waals surface area contributed by atoms with Crippen molar-refractivity contribution in [1.82, 2.24) is 0 Å². The van der Waals surface area contributed by atoms with Crippen molar-refractivity contribution in [3.63, 3.8) is 0 Å². The molecular weight excluding hydrogens is 194 g/mol. The fourth-order valence-corrected chi connectivity index (χ4v) is 1.23. The highest BCUT2D eigenvalue weighted by Gasteiger charge is 1.98. The Morgan fingerprint density at radius 1 is 0.600 bits per heavy atom. The summed E-state index contributed by atoms with van der Waals surface area (Å²) < 4.78 is 25.2. The Morgan fingerprint density at radius 2 is 0.933 bits per heavy atom. The maximum Gasteiger partial charge on any atom is 0.123 e. The van der Waals surface area contributed by atoms with E-state index in [1.165, 1.54) is 24.3 Å².